The van der Waals surface area contributed by atoms with Crippen molar-refractivity contribution < 1.29 is 14.6 Å². The second kappa shape index (κ2) is 7.40. The van der Waals surface area contributed by atoms with E-state index in [4.69, 9.17) is 9.84 Å². The molecule has 7 nitrogen and oxygen atoms in total. The lowest BCUT2D eigenvalue weighted by molar-refractivity contribution is -0.138. The minimum atomic E-state index is -0.734. The molecule has 1 aromatic carbocycles. The molecule has 5 rings (SSSR count). The number of pyridine rings is 1. The molecular weight excluding hydrogens is 380 g/mol. The van der Waals surface area contributed by atoms with Crippen LogP contribution in [-0.4, -0.2) is 51.3 Å². The van der Waals surface area contributed by atoms with Gasteiger partial charge < -0.3 is 19.7 Å². The number of fused-ring (bicyclic) bond motifs is 1. The number of hydrogen-bond donors (Lipinski definition) is 2. The number of aliphatic carboxylic acids is 1. The molecule has 2 saturated heterocycles. The van der Waals surface area contributed by atoms with Crippen molar-refractivity contribution in [1.82, 2.24) is 15.0 Å². The number of carbonyl (C=O) groups is 1. The fourth-order valence-corrected chi connectivity index (χ4v) is 4.78. The number of hydrogen-bond acceptors (Lipinski definition) is 5. The first-order valence-electron chi connectivity index (χ1n) is 10.5. The summed E-state index contributed by atoms with van der Waals surface area (Å²) in [4.78, 5) is 26.0. The number of aryl methyl sites for hydroxylation is 1. The van der Waals surface area contributed by atoms with E-state index in [9.17, 15) is 4.79 Å². The monoisotopic (exact) mass is 406 g/mol. The molecule has 2 aliphatic heterocycles. The molecule has 2 aromatic heterocycles. The average Bonchev–Trinajstić information content (AvgIpc) is 3.32. The first-order valence-corrected chi connectivity index (χ1v) is 10.5. The molecule has 156 valence electrons. The van der Waals surface area contributed by atoms with E-state index in [0.717, 1.165) is 60.6 Å². The molecule has 0 saturated carbocycles. The molecule has 30 heavy (non-hydrogen) atoms. The number of piperidine rings is 1. The van der Waals surface area contributed by atoms with Crippen LogP contribution in [0.3, 0.4) is 0 Å². The fraction of sp³-hybridized carbons (Fsp3) is 0.435. The van der Waals surface area contributed by atoms with Gasteiger partial charge in [-0.2, -0.15) is 0 Å². The standard InChI is InChI=1S/C23H26N4O3/c1-15-2-4-18-19(10-15)26-22(25-18)17-3-5-20(24-13-17)27-8-6-23(7-9-27)12-16(14-30-23)11-21(28)29/h2-5,10,13,16H,6-9,11-12,14H2,1H3,(H,25,26)(H,28,29). The lowest BCUT2D eigenvalue weighted by Gasteiger charge is -2.39. The second-order valence-corrected chi connectivity index (χ2v) is 8.66. The van der Waals surface area contributed by atoms with Gasteiger partial charge in [-0.05, 0) is 61.9 Å². The molecule has 0 bridgehead atoms. The van der Waals surface area contributed by atoms with Gasteiger partial charge in [0.15, 0.2) is 0 Å². The number of aromatic amines is 1. The van der Waals surface area contributed by atoms with Gasteiger partial charge >= 0.3 is 5.97 Å². The van der Waals surface area contributed by atoms with Gasteiger partial charge in [0.05, 0.1) is 29.7 Å². The molecule has 1 atom stereocenters. The number of H-pyrrole nitrogens is 1. The molecule has 2 aliphatic rings. The number of ether oxygens (including phenoxy) is 1. The van der Waals surface area contributed by atoms with E-state index < -0.39 is 5.97 Å². The van der Waals surface area contributed by atoms with E-state index >= 15 is 0 Å². The maximum atomic E-state index is 11.0. The van der Waals surface area contributed by atoms with Crippen LogP contribution in [0.15, 0.2) is 36.5 Å². The zero-order chi connectivity index (χ0) is 20.7. The van der Waals surface area contributed by atoms with Crippen LogP contribution in [0.1, 0.15) is 31.2 Å². The first-order chi connectivity index (χ1) is 14.5. The summed E-state index contributed by atoms with van der Waals surface area (Å²) in [7, 11) is 0. The van der Waals surface area contributed by atoms with Gasteiger partial charge in [-0.3, -0.25) is 4.79 Å². The van der Waals surface area contributed by atoms with Gasteiger partial charge in [0.25, 0.3) is 0 Å². The van der Waals surface area contributed by atoms with Crippen molar-refractivity contribution in [3.05, 3.63) is 42.1 Å². The molecule has 7 heteroatoms. The molecule has 4 heterocycles. The predicted octanol–water partition coefficient (Wildman–Crippen LogP) is 3.78. The maximum absolute atomic E-state index is 11.0. The van der Waals surface area contributed by atoms with Gasteiger partial charge in [-0.25, -0.2) is 9.97 Å². The zero-order valence-corrected chi connectivity index (χ0v) is 17.1. The summed E-state index contributed by atoms with van der Waals surface area (Å²) >= 11 is 0. The highest BCUT2D eigenvalue weighted by molar-refractivity contribution is 5.80. The molecule has 0 aliphatic carbocycles. The number of nitrogens with one attached hydrogen (secondary N) is 1. The van der Waals surface area contributed by atoms with Gasteiger partial charge in [0, 0.05) is 24.8 Å². The molecule has 3 aromatic rings. The summed E-state index contributed by atoms with van der Waals surface area (Å²) in [5.74, 6) is 1.19. The van der Waals surface area contributed by atoms with Gasteiger partial charge in [0.2, 0.25) is 0 Å². The Labute approximate surface area is 175 Å². The van der Waals surface area contributed by atoms with Crippen LogP contribution in [0.4, 0.5) is 5.82 Å². The Kier molecular flexibility index (Phi) is 4.70. The van der Waals surface area contributed by atoms with Crippen LogP contribution in [0.2, 0.25) is 0 Å². The highest BCUT2D eigenvalue weighted by Crippen LogP contribution is 2.40. The van der Waals surface area contributed by atoms with Crippen molar-refractivity contribution in [2.75, 3.05) is 24.6 Å². The zero-order valence-electron chi connectivity index (χ0n) is 17.1. The third kappa shape index (κ3) is 3.65. The van der Waals surface area contributed by atoms with Crippen molar-refractivity contribution in [3.63, 3.8) is 0 Å². The number of aromatic nitrogens is 3. The number of nitrogens with zero attached hydrogens (tertiary/aromatic N) is 3. The Balaban J connectivity index is 1.25. The summed E-state index contributed by atoms with van der Waals surface area (Å²) in [6.45, 7) is 4.38. The van der Waals surface area contributed by atoms with E-state index in [1.54, 1.807) is 0 Å². The van der Waals surface area contributed by atoms with E-state index in [0.29, 0.717) is 6.61 Å². The fourth-order valence-electron chi connectivity index (χ4n) is 4.78. The molecule has 1 unspecified atom stereocenters. The second-order valence-electron chi connectivity index (χ2n) is 8.66. The van der Waals surface area contributed by atoms with E-state index in [-0.39, 0.29) is 17.9 Å². The normalized spacial score (nSPS) is 20.8. The number of carboxylic acid groups (broad SMARTS) is 1. The Hall–Kier alpha value is -2.93. The summed E-state index contributed by atoms with van der Waals surface area (Å²) < 4.78 is 6.07. The Morgan fingerprint density at radius 2 is 2.13 bits per heavy atom. The van der Waals surface area contributed by atoms with Crippen LogP contribution in [0.5, 0.6) is 0 Å². The van der Waals surface area contributed by atoms with Crippen LogP contribution in [-0.2, 0) is 9.53 Å². The van der Waals surface area contributed by atoms with Crippen molar-refractivity contribution in [1.29, 1.82) is 0 Å². The molecule has 0 radical (unpaired) electrons. The molecule has 2 fully saturated rings. The van der Waals surface area contributed by atoms with E-state index in [2.05, 4.69) is 51.0 Å². The van der Waals surface area contributed by atoms with Crippen LogP contribution >= 0.6 is 0 Å². The van der Waals surface area contributed by atoms with E-state index in [1.165, 1.54) is 5.56 Å². The Morgan fingerprint density at radius 3 is 2.87 bits per heavy atom. The summed E-state index contributed by atoms with van der Waals surface area (Å²) in [5, 5.41) is 9.03. The number of rotatable bonds is 4. The topological polar surface area (TPSA) is 91.3 Å². The summed E-state index contributed by atoms with van der Waals surface area (Å²) in [6.07, 6.45) is 4.76. The predicted molar refractivity (Wildman–Crippen MR) is 115 cm³/mol. The molecule has 2 N–H and O–H groups in total. The Morgan fingerprint density at radius 1 is 1.30 bits per heavy atom. The molecular formula is C23H26N4O3. The van der Waals surface area contributed by atoms with Gasteiger partial charge in [-0.15, -0.1) is 0 Å². The van der Waals surface area contributed by atoms with Crippen LogP contribution < -0.4 is 4.90 Å². The first kappa shape index (κ1) is 19.1. The van der Waals surface area contributed by atoms with Crippen LogP contribution in [0.25, 0.3) is 22.4 Å². The highest BCUT2D eigenvalue weighted by Gasteiger charge is 2.43. The average molecular weight is 406 g/mol. The van der Waals surface area contributed by atoms with Gasteiger partial charge in [-0.1, -0.05) is 6.07 Å². The molecule has 1 spiro atoms. The quantitative estimate of drug-likeness (QED) is 0.685. The van der Waals surface area contributed by atoms with Crippen molar-refractivity contribution in [3.8, 4) is 11.4 Å². The third-order valence-electron chi connectivity index (χ3n) is 6.41. The lowest BCUT2D eigenvalue weighted by Crippen LogP contribution is -2.44. The molecule has 0 amide bonds. The van der Waals surface area contributed by atoms with Crippen molar-refractivity contribution in [2.45, 2.75) is 38.2 Å². The lowest BCUT2D eigenvalue weighted by atomic mass is 9.84. The third-order valence-corrected chi connectivity index (χ3v) is 6.41. The number of benzene rings is 1. The Bertz CT molecular complexity index is 1070. The van der Waals surface area contributed by atoms with Crippen molar-refractivity contribution >= 4 is 22.8 Å². The van der Waals surface area contributed by atoms with Crippen LogP contribution in [0, 0.1) is 12.8 Å². The largest absolute Gasteiger partial charge is 0.481 e. The highest BCUT2D eigenvalue weighted by atomic mass is 16.5. The summed E-state index contributed by atoms with van der Waals surface area (Å²) in [6, 6.07) is 10.3. The number of imidazole rings is 1. The summed E-state index contributed by atoms with van der Waals surface area (Å²) in [5.41, 5.74) is 4.02. The SMILES string of the molecule is Cc1ccc2nc(-c3ccc(N4CCC5(CC4)CC(CC(=O)O)CO5)nc3)[nH]c2c1. The minimum absolute atomic E-state index is 0.138. The minimum Gasteiger partial charge on any atom is -0.481 e. The van der Waals surface area contributed by atoms with Gasteiger partial charge in [0.1, 0.15) is 11.6 Å². The number of carboxylic acids is 1. The van der Waals surface area contributed by atoms with E-state index in [1.807, 2.05) is 12.3 Å². The van der Waals surface area contributed by atoms with Crippen molar-refractivity contribution in [2.24, 2.45) is 5.92 Å². The number of anilines is 1. The smallest absolute Gasteiger partial charge is 0.303 e. The maximum Gasteiger partial charge on any atom is 0.303 e.